The van der Waals surface area contributed by atoms with Gasteiger partial charge in [-0.3, -0.25) is 4.90 Å². The molecule has 5 heteroatoms. The highest BCUT2D eigenvalue weighted by Crippen LogP contribution is 2.20. The quantitative estimate of drug-likeness (QED) is 0.876. The molecule has 0 spiro atoms. The van der Waals surface area contributed by atoms with Gasteiger partial charge in [0.1, 0.15) is 24.3 Å². The van der Waals surface area contributed by atoms with E-state index in [1.54, 1.807) is 6.07 Å². The Balaban J connectivity index is 1.91. The fourth-order valence-corrected chi connectivity index (χ4v) is 2.20. The van der Waals surface area contributed by atoms with Crippen molar-refractivity contribution in [1.29, 1.82) is 0 Å². The van der Waals surface area contributed by atoms with Crippen LogP contribution in [0, 0.1) is 5.82 Å². The summed E-state index contributed by atoms with van der Waals surface area (Å²) in [7, 11) is 0. The van der Waals surface area contributed by atoms with Crippen LogP contribution in [0.1, 0.15) is 12.5 Å². The van der Waals surface area contributed by atoms with E-state index in [4.69, 9.17) is 15.2 Å². The van der Waals surface area contributed by atoms with Crippen LogP contribution in [-0.2, 0) is 11.3 Å². The largest absolute Gasteiger partial charge is 0.490 e. The summed E-state index contributed by atoms with van der Waals surface area (Å²) in [5.41, 5.74) is 6.27. The second-order valence-corrected chi connectivity index (χ2v) is 4.65. The van der Waals surface area contributed by atoms with Gasteiger partial charge in [-0.25, -0.2) is 4.39 Å². The van der Waals surface area contributed by atoms with Crippen LogP contribution in [0.15, 0.2) is 18.2 Å². The third kappa shape index (κ3) is 3.89. The fraction of sp³-hybridized carbons (Fsp3) is 0.571. The van der Waals surface area contributed by atoms with Gasteiger partial charge in [0.05, 0.1) is 6.61 Å². The van der Waals surface area contributed by atoms with E-state index in [0.29, 0.717) is 17.9 Å². The maximum Gasteiger partial charge on any atom is 0.124 e. The summed E-state index contributed by atoms with van der Waals surface area (Å²) in [4.78, 5) is 2.33. The summed E-state index contributed by atoms with van der Waals surface area (Å²) in [5, 5.41) is 0. The minimum absolute atomic E-state index is 0.0596. The Morgan fingerprint density at radius 1 is 1.53 bits per heavy atom. The van der Waals surface area contributed by atoms with Gasteiger partial charge in [-0.05, 0) is 24.7 Å². The molecule has 2 N–H and O–H groups in total. The van der Waals surface area contributed by atoms with Gasteiger partial charge in [0.15, 0.2) is 0 Å². The smallest absolute Gasteiger partial charge is 0.124 e. The van der Waals surface area contributed by atoms with E-state index in [2.05, 4.69) is 11.8 Å². The Bertz CT molecular complexity index is 414. The van der Waals surface area contributed by atoms with Crippen molar-refractivity contribution in [2.75, 3.05) is 32.8 Å². The zero-order valence-corrected chi connectivity index (χ0v) is 11.3. The van der Waals surface area contributed by atoms with Gasteiger partial charge in [-0.1, -0.05) is 6.92 Å². The van der Waals surface area contributed by atoms with Crippen molar-refractivity contribution < 1.29 is 13.9 Å². The minimum atomic E-state index is -0.293. The van der Waals surface area contributed by atoms with Crippen LogP contribution in [0.2, 0.25) is 0 Å². The lowest BCUT2D eigenvalue weighted by molar-refractivity contribution is -0.0465. The zero-order chi connectivity index (χ0) is 13.7. The van der Waals surface area contributed by atoms with Crippen molar-refractivity contribution >= 4 is 0 Å². The highest BCUT2D eigenvalue weighted by Gasteiger charge is 2.20. The number of rotatable bonds is 5. The molecule has 1 aliphatic rings. The minimum Gasteiger partial charge on any atom is -0.490 e. The first-order chi connectivity index (χ1) is 9.22. The number of ether oxygens (including phenoxy) is 2. The van der Waals surface area contributed by atoms with Crippen molar-refractivity contribution in [1.82, 2.24) is 4.90 Å². The van der Waals surface area contributed by atoms with Gasteiger partial charge in [0.25, 0.3) is 0 Å². The summed E-state index contributed by atoms with van der Waals surface area (Å²) < 4.78 is 24.5. The van der Waals surface area contributed by atoms with Crippen molar-refractivity contribution in [2.24, 2.45) is 5.73 Å². The topological polar surface area (TPSA) is 47.7 Å². The number of nitrogens with two attached hydrogens (primary N) is 1. The Morgan fingerprint density at radius 3 is 3.11 bits per heavy atom. The molecule has 106 valence electrons. The van der Waals surface area contributed by atoms with E-state index in [1.165, 1.54) is 12.1 Å². The Hall–Kier alpha value is -1.17. The van der Waals surface area contributed by atoms with E-state index in [1.807, 2.05) is 0 Å². The second-order valence-electron chi connectivity index (χ2n) is 4.65. The van der Waals surface area contributed by atoms with Crippen LogP contribution in [-0.4, -0.2) is 43.9 Å². The SMILES string of the molecule is CCN1CCOC(COc2ccc(F)cc2CN)C1. The number of hydrogen-bond acceptors (Lipinski definition) is 4. The van der Waals surface area contributed by atoms with E-state index in [9.17, 15) is 4.39 Å². The molecule has 1 heterocycles. The lowest BCUT2D eigenvalue weighted by atomic mass is 10.2. The average molecular weight is 268 g/mol. The number of nitrogens with zero attached hydrogens (tertiary/aromatic N) is 1. The highest BCUT2D eigenvalue weighted by atomic mass is 19.1. The fourth-order valence-electron chi connectivity index (χ4n) is 2.20. The first-order valence-corrected chi connectivity index (χ1v) is 6.68. The molecule has 1 aromatic rings. The molecule has 1 fully saturated rings. The first kappa shape index (κ1) is 14.2. The number of likely N-dealkylation sites (N-methyl/N-ethyl adjacent to an activating group) is 1. The summed E-state index contributed by atoms with van der Waals surface area (Å²) in [6.07, 6.45) is 0.0596. The van der Waals surface area contributed by atoms with Gasteiger partial charge in [-0.2, -0.15) is 0 Å². The standard InChI is InChI=1S/C14H21FN2O2/c1-2-17-5-6-18-13(9-17)10-19-14-4-3-12(15)7-11(14)8-16/h3-4,7,13H,2,5-6,8-10,16H2,1H3. The molecular formula is C14H21FN2O2. The van der Waals surface area contributed by atoms with Crippen LogP contribution >= 0.6 is 0 Å². The summed E-state index contributed by atoms with van der Waals surface area (Å²) in [5.74, 6) is 0.347. The predicted octanol–water partition coefficient (Wildman–Crippen LogP) is 1.38. The van der Waals surface area contributed by atoms with Crippen LogP contribution in [0.4, 0.5) is 4.39 Å². The summed E-state index contributed by atoms with van der Waals surface area (Å²) in [6.45, 7) is 6.46. The van der Waals surface area contributed by atoms with Crippen molar-refractivity contribution in [2.45, 2.75) is 19.6 Å². The third-order valence-electron chi connectivity index (χ3n) is 3.34. The van der Waals surface area contributed by atoms with Crippen LogP contribution in [0.25, 0.3) is 0 Å². The van der Waals surface area contributed by atoms with E-state index < -0.39 is 0 Å². The van der Waals surface area contributed by atoms with Crippen LogP contribution < -0.4 is 10.5 Å². The summed E-state index contributed by atoms with van der Waals surface area (Å²) in [6, 6.07) is 4.42. The molecule has 1 aliphatic heterocycles. The van der Waals surface area contributed by atoms with Crippen molar-refractivity contribution in [3.63, 3.8) is 0 Å². The molecule has 0 amide bonds. The van der Waals surface area contributed by atoms with Gasteiger partial charge in [0, 0.05) is 25.2 Å². The Kier molecular flexibility index (Phi) is 5.13. The Morgan fingerprint density at radius 2 is 2.37 bits per heavy atom. The second kappa shape index (κ2) is 6.84. The third-order valence-corrected chi connectivity index (χ3v) is 3.34. The molecule has 0 radical (unpaired) electrons. The molecule has 1 saturated heterocycles. The highest BCUT2D eigenvalue weighted by molar-refractivity contribution is 5.33. The van der Waals surface area contributed by atoms with Gasteiger partial charge < -0.3 is 15.2 Å². The molecule has 19 heavy (non-hydrogen) atoms. The van der Waals surface area contributed by atoms with Crippen molar-refractivity contribution in [3.8, 4) is 5.75 Å². The average Bonchev–Trinajstić information content (AvgIpc) is 2.46. The Labute approximate surface area is 113 Å². The molecule has 0 saturated carbocycles. The molecule has 0 aliphatic carbocycles. The molecule has 1 atom stereocenters. The van der Waals surface area contributed by atoms with E-state index >= 15 is 0 Å². The van der Waals surface area contributed by atoms with Crippen molar-refractivity contribution in [3.05, 3.63) is 29.6 Å². The van der Waals surface area contributed by atoms with E-state index in [-0.39, 0.29) is 18.5 Å². The lowest BCUT2D eigenvalue weighted by Gasteiger charge is -2.32. The monoisotopic (exact) mass is 268 g/mol. The molecule has 4 nitrogen and oxygen atoms in total. The van der Waals surface area contributed by atoms with E-state index in [0.717, 1.165) is 26.2 Å². The molecule has 1 aromatic carbocycles. The maximum absolute atomic E-state index is 13.1. The number of benzene rings is 1. The molecule has 0 bridgehead atoms. The number of halogens is 1. The van der Waals surface area contributed by atoms with Crippen LogP contribution in [0.3, 0.4) is 0 Å². The van der Waals surface area contributed by atoms with Gasteiger partial charge in [0.2, 0.25) is 0 Å². The maximum atomic E-state index is 13.1. The number of morpholine rings is 1. The molecule has 0 aromatic heterocycles. The van der Waals surface area contributed by atoms with Gasteiger partial charge in [-0.15, -0.1) is 0 Å². The summed E-state index contributed by atoms with van der Waals surface area (Å²) >= 11 is 0. The van der Waals surface area contributed by atoms with Gasteiger partial charge >= 0.3 is 0 Å². The normalized spacial score (nSPS) is 20.5. The molecular weight excluding hydrogens is 247 g/mol. The predicted molar refractivity (Wildman–Crippen MR) is 71.6 cm³/mol. The first-order valence-electron chi connectivity index (χ1n) is 6.68. The lowest BCUT2D eigenvalue weighted by Crippen LogP contribution is -2.44. The molecule has 2 rings (SSSR count). The molecule has 1 unspecified atom stereocenters. The van der Waals surface area contributed by atoms with Crippen LogP contribution in [0.5, 0.6) is 5.75 Å². The number of hydrogen-bond donors (Lipinski definition) is 1. The zero-order valence-electron chi connectivity index (χ0n) is 11.3.